The van der Waals surface area contributed by atoms with Crippen LogP contribution in [0.2, 0.25) is 0 Å². The van der Waals surface area contributed by atoms with Gasteiger partial charge < -0.3 is 62.2 Å². The number of rotatable bonds is 37. The molecule has 0 aliphatic carbocycles. The van der Waals surface area contributed by atoms with Crippen LogP contribution in [0.15, 0.2) is 24.3 Å². The van der Waals surface area contributed by atoms with Crippen molar-refractivity contribution in [3.8, 4) is 5.75 Å². The quantitative estimate of drug-likeness (QED) is 0.0791. The average molecular weight is 743 g/mol. The number of hydrogen-bond donors (Lipinski definition) is 1. The van der Waals surface area contributed by atoms with Crippen LogP contribution in [0.25, 0.3) is 0 Å². The van der Waals surface area contributed by atoms with E-state index < -0.39 is 0 Å². The van der Waals surface area contributed by atoms with Crippen molar-refractivity contribution in [3.05, 3.63) is 24.3 Å². The molecule has 1 N–H and O–H groups in total. The van der Waals surface area contributed by atoms with E-state index in [-0.39, 0.29) is 5.91 Å². The van der Waals surface area contributed by atoms with Crippen molar-refractivity contribution in [3.63, 3.8) is 0 Å². The molecule has 0 aromatic heterocycles. The van der Waals surface area contributed by atoms with Crippen LogP contribution in [0, 0.1) is 0 Å². The third kappa shape index (κ3) is 32.8. The summed E-state index contributed by atoms with van der Waals surface area (Å²) in [6.45, 7) is 13.3. The first-order valence-corrected chi connectivity index (χ1v) is 17.3. The van der Waals surface area contributed by atoms with Crippen LogP contribution in [0.3, 0.4) is 0 Å². The van der Waals surface area contributed by atoms with E-state index in [0.717, 1.165) is 11.0 Å². The number of nitrogens with one attached hydrogen (secondary N) is 1. The van der Waals surface area contributed by atoms with E-state index in [1.165, 1.54) is 6.92 Å². The molecule has 0 heterocycles. The summed E-state index contributed by atoms with van der Waals surface area (Å²) < 4.78 is 65.5. The van der Waals surface area contributed by atoms with Gasteiger partial charge in [0.25, 0.3) is 0 Å². The Morgan fingerprint density at radius 2 is 0.702 bits per heavy atom. The molecular weight excluding hydrogens is 686 g/mol. The summed E-state index contributed by atoms with van der Waals surface area (Å²) in [6.07, 6.45) is 0. The third-order valence-electron chi connectivity index (χ3n) is 5.61. The van der Waals surface area contributed by atoms with Gasteiger partial charge in [-0.25, -0.2) is 0 Å². The van der Waals surface area contributed by atoms with Gasteiger partial charge in [0.15, 0.2) is 0 Å². The number of ether oxygens (including phenoxy) is 12. The van der Waals surface area contributed by atoms with Crippen LogP contribution in [0.5, 0.6) is 5.75 Å². The van der Waals surface area contributed by atoms with Crippen LogP contribution in [-0.2, 0) is 56.9 Å². The zero-order chi connectivity index (χ0) is 33.7. The molecule has 0 atom stereocenters. The van der Waals surface area contributed by atoms with E-state index >= 15 is 0 Å². The minimum absolute atomic E-state index is 0.108. The standard InChI is InChI=1S/C32H56BrNO13/c1-30(35)34-31-2-4-32(5-3-31)47-29-28-46-27-26-45-25-24-44-23-22-43-21-20-42-19-18-41-17-16-40-15-14-39-13-12-38-11-10-37-9-8-36-7-6-33/h2-5H,6-29H2,1H3,(H,34,35). The number of benzene rings is 1. The molecule has 274 valence electrons. The van der Waals surface area contributed by atoms with Crippen LogP contribution in [0.4, 0.5) is 5.69 Å². The van der Waals surface area contributed by atoms with Crippen molar-refractivity contribution in [2.75, 3.05) is 163 Å². The summed E-state index contributed by atoms with van der Waals surface area (Å²) >= 11 is 3.30. The van der Waals surface area contributed by atoms with Crippen molar-refractivity contribution >= 4 is 27.5 Å². The highest BCUT2D eigenvalue weighted by molar-refractivity contribution is 9.09. The Labute approximate surface area is 288 Å². The van der Waals surface area contributed by atoms with Gasteiger partial charge in [0.05, 0.1) is 145 Å². The zero-order valence-corrected chi connectivity index (χ0v) is 29.6. The third-order valence-corrected chi connectivity index (χ3v) is 5.94. The molecule has 0 spiro atoms. The fourth-order valence-corrected chi connectivity index (χ4v) is 3.64. The highest BCUT2D eigenvalue weighted by Crippen LogP contribution is 2.15. The Hall–Kier alpha value is -1.47. The first-order chi connectivity index (χ1) is 23.2. The van der Waals surface area contributed by atoms with Gasteiger partial charge in [-0.05, 0) is 24.3 Å². The number of carbonyl (C=O) groups excluding carboxylic acids is 1. The Morgan fingerprint density at radius 3 is 0.957 bits per heavy atom. The molecule has 0 aliphatic rings. The fraction of sp³-hybridized carbons (Fsp3) is 0.781. The summed E-state index contributed by atoms with van der Waals surface area (Å²) in [5.74, 6) is 0.609. The molecule has 14 nitrogen and oxygen atoms in total. The molecule has 1 rings (SSSR count). The van der Waals surface area contributed by atoms with Gasteiger partial charge in [-0.2, -0.15) is 0 Å². The SMILES string of the molecule is CC(=O)Nc1ccc(OCCOCCOCCOCCOCCOCCOCCOCCOCCOCCOCCOCCBr)cc1. The van der Waals surface area contributed by atoms with Gasteiger partial charge >= 0.3 is 0 Å². The molecule has 15 heteroatoms. The van der Waals surface area contributed by atoms with E-state index in [9.17, 15) is 4.79 Å². The second kappa shape index (κ2) is 35.8. The lowest BCUT2D eigenvalue weighted by Gasteiger charge is -2.09. The maximum Gasteiger partial charge on any atom is 0.221 e. The Bertz CT molecular complexity index is 795. The molecule has 0 fully saturated rings. The Morgan fingerprint density at radius 1 is 0.447 bits per heavy atom. The number of alkyl halides is 1. The minimum atomic E-state index is -0.108. The highest BCUT2D eigenvalue weighted by atomic mass is 79.9. The van der Waals surface area contributed by atoms with Crippen molar-refractivity contribution in [2.45, 2.75) is 6.92 Å². The number of amides is 1. The van der Waals surface area contributed by atoms with Crippen molar-refractivity contribution < 1.29 is 61.6 Å². The lowest BCUT2D eigenvalue weighted by molar-refractivity contribution is -0.114. The topological polar surface area (TPSA) is 140 Å². The zero-order valence-electron chi connectivity index (χ0n) is 28.0. The van der Waals surface area contributed by atoms with Crippen molar-refractivity contribution in [1.29, 1.82) is 0 Å². The number of halogens is 1. The normalized spacial score (nSPS) is 11.3. The van der Waals surface area contributed by atoms with E-state index in [0.29, 0.717) is 158 Å². The van der Waals surface area contributed by atoms with E-state index in [1.807, 2.05) is 0 Å². The number of hydrogen-bond acceptors (Lipinski definition) is 13. The number of carbonyl (C=O) groups is 1. The van der Waals surface area contributed by atoms with E-state index in [1.54, 1.807) is 24.3 Å². The second-order valence-corrected chi connectivity index (χ2v) is 10.3. The van der Waals surface area contributed by atoms with Gasteiger partial charge in [-0.1, -0.05) is 15.9 Å². The monoisotopic (exact) mass is 741 g/mol. The van der Waals surface area contributed by atoms with E-state index in [4.69, 9.17) is 56.8 Å². The maximum absolute atomic E-state index is 11.0. The van der Waals surface area contributed by atoms with Crippen LogP contribution >= 0.6 is 15.9 Å². The molecular formula is C32H56BrNO13. The molecule has 0 unspecified atom stereocenters. The molecule has 0 aliphatic heterocycles. The Balaban J connectivity index is 1.66. The average Bonchev–Trinajstić information content (AvgIpc) is 3.07. The van der Waals surface area contributed by atoms with Gasteiger partial charge in [0, 0.05) is 17.9 Å². The predicted molar refractivity (Wildman–Crippen MR) is 179 cm³/mol. The van der Waals surface area contributed by atoms with Gasteiger partial charge in [0.1, 0.15) is 12.4 Å². The molecule has 0 saturated heterocycles. The number of anilines is 1. The molecule has 1 aromatic rings. The first kappa shape index (κ1) is 43.6. The predicted octanol–water partition coefficient (Wildman–Crippen LogP) is 2.60. The summed E-state index contributed by atoms with van der Waals surface area (Å²) in [5.41, 5.74) is 0.732. The van der Waals surface area contributed by atoms with Gasteiger partial charge in [0.2, 0.25) is 5.91 Å². The van der Waals surface area contributed by atoms with Crippen molar-refractivity contribution in [1.82, 2.24) is 0 Å². The lowest BCUT2D eigenvalue weighted by Crippen LogP contribution is -2.15. The summed E-state index contributed by atoms with van der Waals surface area (Å²) in [6, 6.07) is 7.18. The second-order valence-electron chi connectivity index (χ2n) is 9.48. The summed E-state index contributed by atoms with van der Waals surface area (Å²) in [4.78, 5) is 11.0. The first-order valence-electron chi connectivity index (χ1n) is 16.1. The summed E-state index contributed by atoms with van der Waals surface area (Å²) in [7, 11) is 0. The molecule has 0 saturated carbocycles. The van der Waals surface area contributed by atoms with Gasteiger partial charge in [-0.3, -0.25) is 4.79 Å². The molecule has 0 radical (unpaired) electrons. The lowest BCUT2D eigenvalue weighted by atomic mass is 10.3. The minimum Gasteiger partial charge on any atom is -0.491 e. The smallest absolute Gasteiger partial charge is 0.221 e. The molecule has 47 heavy (non-hydrogen) atoms. The van der Waals surface area contributed by atoms with Crippen LogP contribution in [-0.4, -0.2) is 163 Å². The Kier molecular flexibility index (Phi) is 33.2. The summed E-state index contributed by atoms with van der Waals surface area (Å²) in [5, 5.41) is 3.54. The molecule has 1 aromatic carbocycles. The van der Waals surface area contributed by atoms with Gasteiger partial charge in [-0.15, -0.1) is 0 Å². The van der Waals surface area contributed by atoms with E-state index in [2.05, 4.69) is 21.2 Å². The highest BCUT2D eigenvalue weighted by Gasteiger charge is 1.99. The molecule has 0 bridgehead atoms. The van der Waals surface area contributed by atoms with Crippen LogP contribution < -0.4 is 10.1 Å². The molecule has 1 amide bonds. The largest absolute Gasteiger partial charge is 0.491 e. The maximum atomic E-state index is 11.0. The van der Waals surface area contributed by atoms with Crippen molar-refractivity contribution in [2.24, 2.45) is 0 Å². The van der Waals surface area contributed by atoms with Crippen LogP contribution in [0.1, 0.15) is 6.92 Å². The fourth-order valence-electron chi connectivity index (χ4n) is 3.41.